The molecule has 148 valence electrons. The molecule has 7 nitrogen and oxygen atoms in total. The first-order chi connectivity index (χ1) is 13.6. The molecule has 1 heterocycles. The van der Waals surface area contributed by atoms with Gasteiger partial charge in [-0.3, -0.25) is 9.59 Å². The summed E-state index contributed by atoms with van der Waals surface area (Å²) in [5, 5.41) is 6.91. The lowest BCUT2D eigenvalue weighted by Gasteiger charge is -2.20. The summed E-state index contributed by atoms with van der Waals surface area (Å²) < 4.78 is 10.5. The van der Waals surface area contributed by atoms with Crippen molar-refractivity contribution in [2.24, 2.45) is 5.92 Å². The molecule has 0 atom stereocenters. The predicted octanol–water partition coefficient (Wildman–Crippen LogP) is 2.87. The first-order valence-corrected chi connectivity index (χ1v) is 9.83. The Morgan fingerprint density at radius 2 is 1.96 bits per heavy atom. The number of hydrogen-bond donors (Lipinski definition) is 1. The molecule has 2 amide bonds. The number of carbonyl (C=O) groups is 2. The van der Waals surface area contributed by atoms with Crippen LogP contribution >= 0.6 is 0 Å². The largest absolute Gasteiger partial charge is 0.497 e. The van der Waals surface area contributed by atoms with Crippen molar-refractivity contribution in [3.05, 3.63) is 36.0 Å². The minimum atomic E-state index is -0.180. The van der Waals surface area contributed by atoms with Gasteiger partial charge < -0.3 is 19.5 Å². The van der Waals surface area contributed by atoms with Crippen LogP contribution in [-0.2, 0) is 4.79 Å². The number of nitrogens with zero attached hydrogens (tertiary/aromatic N) is 2. The zero-order chi connectivity index (χ0) is 19.5. The van der Waals surface area contributed by atoms with Crippen LogP contribution in [0, 0.1) is 5.92 Å². The SMILES string of the molecule is COc1ccc(-c2cc(C(=O)N(CCC(=O)NCC3CC3)C3CC3)no2)cc1. The molecule has 2 fully saturated rings. The van der Waals surface area contributed by atoms with Crippen LogP contribution in [0.15, 0.2) is 34.9 Å². The van der Waals surface area contributed by atoms with Gasteiger partial charge in [-0.15, -0.1) is 0 Å². The maximum Gasteiger partial charge on any atom is 0.276 e. The van der Waals surface area contributed by atoms with Crippen molar-refractivity contribution in [3.8, 4) is 17.1 Å². The quantitative estimate of drug-likeness (QED) is 0.720. The molecule has 0 bridgehead atoms. The fourth-order valence-electron chi connectivity index (χ4n) is 3.14. The average molecular weight is 383 g/mol. The molecule has 1 aromatic heterocycles. The number of benzene rings is 1. The van der Waals surface area contributed by atoms with Gasteiger partial charge in [-0.1, -0.05) is 5.16 Å². The monoisotopic (exact) mass is 383 g/mol. The Balaban J connectivity index is 1.38. The van der Waals surface area contributed by atoms with Crippen molar-refractivity contribution < 1.29 is 18.8 Å². The summed E-state index contributed by atoms with van der Waals surface area (Å²) in [6.07, 6.45) is 4.67. The second-order valence-corrected chi connectivity index (χ2v) is 7.53. The van der Waals surface area contributed by atoms with Gasteiger partial charge in [0.15, 0.2) is 11.5 Å². The molecule has 2 aromatic rings. The topological polar surface area (TPSA) is 84.7 Å². The molecule has 28 heavy (non-hydrogen) atoms. The zero-order valence-corrected chi connectivity index (χ0v) is 16.0. The second-order valence-electron chi connectivity index (χ2n) is 7.53. The third-order valence-corrected chi connectivity index (χ3v) is 5.22. The smallest absolute Gasteiger partial charge is 0.276 e. The summed E-state index contributed by atoms with van der Waals surface area (Å²) in [5.41, 5.74) is 1.10. The summed E-state index contributed by atoms with van der Waals surface area (Å²) in [6.45, 7) is 1.16. The lowest BCUT2D eigenvalue weighted by Crippen LogP contribution is -2.37. The van der Waals surface area contributed by atoms with Crippen LogP contribution in [0.1, 0.15) is 42.6 Å². The number of amides is 2. The third-order valence-electron chi connectivity index (χ3n) is 5.22. The number of ether oxygens (including phenoxy) is 1. The van der Waals surface area contributed by atoms with Crippen LogP contribution in [0.5, 0.6) is 5.75 Å². The molecule has 1 N–H and O–H groups in total. The molecule has 2 saturated carbocycles. The Hall–Kier alpha value is -2.83. The molecule has 2 aliphatic rings. The molecular formula is C21H25N3O4. The Bertz CT molecular complexity index is 838. The number of rotatable bonds is 9. The summed E-state index contributed by atoms with van der Waals surface area (Å²) >= 11 is 0. The highest BCUT2D eigenvalue weighted by Gasteiger charge is 2.34. The van der Waals surface area contributed by atoms with E-state index in [1.807, 2.05) is 24.3 Å². The lowest BCUT2D eigenvalue weighted by molar-refractivity contribution is -0.121. The number of hydrogen-bond acceptors (Lipinski definition) is 5. The Morgan fingerprint density at radius 3 is 2.61 bits per heavy atom. The number of methoxy groups -OCH3 is 1. The Morgan fingerprint density at radius 1 is 1.21 bits per heavy atom. The van der Waals surface area contributed by atoms with E-state index in [1.54, 1.807) is 18.1 Å². The summed E-state index contributed by atoms with van der Waals surface area (Å²) in [6, 6.07) is 9.23. The van der Waals surface area contributed by atoms with E-state index in [1.165, 1.54) is 12.8 Å². The minimum Gasteiger partial charge on any atom is -0.497 e. The molecule has 2 aliphatic carbocycles. The van der Waals surface area contributed by atoms with E-state index in [4.69, 9.17) is 9.26 Å². The third kappa shape index (κ3) is 4.52. The molecule has 7 heteroatoms. The zero-order valence-electron chi connectivity index (χ0n) is 16.0. The summed E-state index contributed by atoms with van der Waals surface area (Å²) in [5.74, 6) is 1.76. The van der Waals surface area contributed by atoms with E-state index < -0.39 is 0 Å². The van der Waals surface area contributed by atoms with Crippen LogP contribution in [0.3, 0.4) is 0 Å². The van der Waals surface area contributed by atoms with E-state index in [0.29, 0.717) is 24.6 Å². The highest BCUT2D eigenvalue weighted by molar-refractivity contribution is 5.93. The van der Waals surface area contributed by atoms with Crippen LogP contribution < -0.4 is 10.1 Å². The second kappa shape index (κ2) is 8.04. The van der Waals surface area contributed by atoms with Crippen LogP contribution in [0.4, 0.5) is 0 Å². The molecule has 0 saturated heterocycles. The normalized spacial score (nSPS) is 15.9. The highest BCUT2D eigenvalue weighted by Crippen LogP contribution is 2.30. The maximum absolute atomic E-state index is 12.9. The standard InChI is InChI=1S/C21H25N3O4/c1-27-17-8-4-15(5-9-17)19-12-18(23-28-19)21(26)24(16-6-7-16)11-10-20(25)22-13-14-2-3-14/h4-5,8-9,12,14,16H,2-3,6-7,10-11,13H2,1H3,(H,22,25). The van der Waals surface area contributed by atoms with E-state index in [0.717, 1.165) is 30.7 Å². The lowest BCUT2D eigenvalue weighted by atomic mass is 10.1. The molecule has 0 aliphatic heterocycles. The van der Waals surface area contributed by atoms with Crippen molar-refractivity contribution in [3.63, 3.8) is 0 Å². The van der Waals surface area contributed by atoms with Gasteiger partial charge in [0.05, 0.1) is 7.11 Å². The summed E-state index contributed by atoms with van der Waals surface area (Å²) in [7, 11) is 1.61. The average Bonchev–Trinajstić information content (AvgIpc) is 3.65. The number of carbonyl (C=O) groups excluding carboxylic acids is 2. The first-order valence-electron chi connectivity index (χ1n) is 9.83. The molecule has 0 radical (unpaired) electrons. The van der Waals surface area contributed by atoms with Gasteiger partial charge in [0, 0.05) is 37.2 Å². The van der Waals surface area contributed by atoms with E-state index >= 15 is 0 Å². The Labute approximate surface area is 164 Å². The van der Waals surface area contributed by atoms with Gasteiger partial charge in [-0.2, -0.15) is 0 Å². The van der Waals surface area contributed by atoms with Crippen molar-refractivity contribution in [2.45, 2.75) is 38.1 Å². The van der Waals surface area contributed by atoms with Gasteiger partial charge in [-0.05, 0) is 55.9 Å². The Kier molecular flexibility index (Phi) is 5.32. The molecular weight excluding hydrogens is 358 g/mol. The fourth-order valence-corrected chi connectivity index (χ4v) is 3.14. The van der Waals surface area contributed by atoms with Crippen molar-refractivity contribution >= 4 is 11.8 Å². The molecule has 1 aromatic carbocycles. The van der Waals surface area contributed by atoms with Crippen molar-refractivity contribution in [1.29, 1.82) is 0 Å². The van der Waals surface area contributed by atoms with E-state index in [2.05, 4.69) is 10.5 Å². The molecule has 4 rings (SSSR count). The maximum atomic E-state index is 12.9. The van der Waals surface area contributed by atoms with Crippen LogP contribution in [-0.4, -0.2) is 48.1 Å². The predicted molar refractivity (Wildman–Crippen MR) is 103 cm³/mol. The van der Waals surface area contributed by atoms with Crippen molar-refractivity contribution in [2.75, 3.05) is 20.2 Å². The van der Waals surface area contributed by atoms with Gasteiger partial charge in [0.1, 0.15) is 5.75 Å². The molecule has 0 unspecified atom stereocenters. The fraction of sp³-hybridized carbons (Fsp3) is 0.476. The minimum absolute atomic E-state index is 0.00410. The summed E-state index contributed by atoms with van der Waals surface area (Å²) in [4.78, 5) is 26.7. The van der Waals surface area contributed by atoms with Crippen LogP contribution in [0.25, 0.3) is 11.3 Å². The van der Waals surface area contributed by atoms with Crippen molar-refractivity contribution in [1.82, 2.24) is 15.4 Å². The van der Waals surface area contributed by atoms with Gasteiger partial charge in [0.25, 0.3) is 5.91 Å². The molecule has 0 spiro atoms. The van der Waals surface area contributed by atoms with E-state index in [-0.39, 0.29) is 23.6 Å². The number of aromatic nitrogens is 1. The van der Waals surface area contributed by atoms with Gasteiger partial charge in [-0.25, -0.2) is 0 Å². The highest BCUT2D eigenvalue weighted by atomic mass is 16.5. The van der Waals surface area contributed by atoms with E-state index in [9.17, 15) is 9.59 Å². The van der Waals surface area contributed by atoms with Gasteiger partial charge >= 0.3 is 0 Å². The van der Waals surface area contributed by atoms with Crippen LogP contribution in [0.2, 0.25) is 0 Å². The number of nitrogens with one attached hydrogen (secondary N) is 1. The first kappa shape index (κ1) is 18.5. The van der Waals surface area contributed by atoms with Gasteiger partial charge in [0.2, 0.25) is 5.91 Å².